The minimum atomic E-state index is -4.63. The van der Waals surface area contributed by atoms with Gasteiger partial charge in [-0.1, -0.05) is 18.2 Å². The van der Waals surface area contributed by atoms with Gasteiger partial charge in [-0.3, -0.25) is 9.53 Å². The number of carbonyl (C=O) groups excluding carboxylic acids is 1. The number of alkyl halides is 3. The summed E-state index contributed by atoms with van der Waals surface area (Å²) in [5.74, 6) is 0.443. The molecule has 4 aliphatic carbocycles. The first-order valence-corrected chi connectivity index (χ1v) is 10.4. The van der Waals surface area contributed by atoms with Gasteiger partial charge in [0.25, 0.3) is 5.91 Å². The van der Waals surface area contributed by atoms with Crippen LogP contribution in [0.15, 0.2) is 34.9 Å². The lowest BCUT2D eigenvalue weighted by Gasteiger charge is -2.68. The van der Waals surface area contributed by atoms with Crippen molar-refractivity contribution in [2.24, 2.45) is 0 Å². The molecule has 0 spiro atoms. The van der Waals surface area contributed by atoms with Crippen LogP contribution in [0.4, 0.5) is 13.2 Å². The van der Waals surface area contributed by atoms with E-state index in [1.165, 1.54) is 0 Å². The molecule has 0 radical (unpaired) electrons. The van der Waals surface area contributed by atoms with Crippen molar-refractivity contribution in [2.45, 2.75) is 61.4 Å². The zero-order chi connectivity index (χ0) is 22.1. The molecule has 2 aromatic heterocycles. The summed E-state index contributed by atoms with van der Waals surface area (Å²) in [5, 5.41) is 12.1. The number of nitrogens with zero attached hydrogens (tertiary/aromatic N) is 4. The number of carbonyl (C=O) groups is 1. The Balaban J connectivity index is 1.06. The van der Waals surface area contributed by atoms with Crippen LogP contribution in [0.5, 0.6) is 0 Å². The van der Waals surface area contributed by atoms with E-state index in [2.05, 4.69) is 30.2 Å². The lowest BCUT2D eigenvalue weighted by molar-refractivity contribution is -0.352. The van der Waals surface area contributed by atoms with Gasteiger partial charge in [-0.25, -0.2) is 9.97 Å². The molecule has 0 saturated heterocycles. The fraction of sp³-hybridized carbons (Fsp3) is 0.476. The van der Waals surface area contributed by atoms with E-state index in [-0.39, 0.29) is 41.4 Å². The molecule has 2 heterocycles. The van der Waals surface area contributed by atoms with Gasteiger partial charge in [0.05, 0.1) is 17.0 Å². The summed E-state index contributed by atoms with van der Waals surface area (Å²) in [4.78, 5) is 21.1. The van der Waals surface area contributed by atoms with Gasteiger partial charge < -0.3 is 9.73 Å². The van der Waals surface area contributed by atoms with Gasteiger partial charge in [0, 0.05) is 23.0 Å². The number of benzene rings is 1. The first-order chi connectivity index (χ1) is 15.2. The van der Waals surface area contributed by atoms with Crippen LogP contribution < -0.4 is 5.32 Å². The quantitative estimate of drug-likeness (QED) is 0.642. The second-order valence-electron chi connectivity index (χ2n) is 9.10. The number of ether oxygens (including phenoxy) is 1. The van der Waals surface area contributed by atoms with Crippen molar-refractivity contribution in [3.8, 4) is 0 Å². The van der Waals surface area contributed by atoms with E-state index < -0.39 is 12.5 Å². The van der Waals surface area contributed by atoms with Crippen LogP contribution >= 0.6 is 0 Å². The standard InChI is InChI=1S/C21H18F3N5O3/c22-21(23,24)32-13-5-12(6-13)17-28-29-18(31-17)19-8-20(9-19,10-19)27-16(30)15-25-7-11-3-1-2-4-14(11)26-15/h1-4,7,12-13H,5-6,8-10H2,(H,27,30)/t12-,13+,19?,20?. The topological polar surface area (TPSA) is 103 Å². The molecule has 4 aliphatic rings. The highest BCUT2D eigenvalue weighted by Crippen LogP contribution is 2.67. The van der Waals surface area contributed by atoms with E-state index in [4.69, 9.17) is 4.42 Å². The normalized spacial score (nSPS) is 30.8. The van der Waals surface area contributed by atoms with Crippen LogP contribution in [0.25, 0.3) is 10.9 Å². The Hall–Kier alpha value is -3.08. The molecule has 1 N–H and O–H groups in total. The van der Waals surface area contributed by atoms with E-state index in [0.29, 0.717) is 36.6 Å². The summed E-state index contributed by atoms with van der Waals surface area (Å²) >= 11 is 0. The molecule has 4 saturated carbocycles. The number of para-hydroxylation sites is 1. The highest BCUT2D eigenvalue weighted by atomic mass is 19.4. The Labute approximate surface area is 179 Å². The van der Waals surface area contributed by atoms with Crippen molar-refractivity contribution in [2.75, 3.05) is 0 Å². The van der Waals surface area contributed by atoms with Crippen LogP contribution in [0.3, 0.4) is 0 Å². The first-order valence-electron chi connectivity index (χ1n) is 10.4. The Morgan fingerprint density at radius 1 is 1.16 bits per heavy atom. The van der Waals surface area contributed by atoms with Gasteiger partial charge in [-0.15, -0.1) is 23.4 Å². The Morgan fingerprint density at radius 3 is 2.66 bits per heavy atom. The molecule has 2 bridgehead atoms. The van der Waals surface area contributed by atoms with E-state index in [1.54, 1.807) is 6.20 Å². The van der Waals surface area contributed by atoms with Crippen LogP contribution in [-0.2, 0) is 10.2 Å². The third-order valence-corrected chi connectivity index (χ3v) is 6.74. The molecule has 4 fully saturated rings. The number of halogens is 3. The van der Waals surface area contributed by atoms with Gasteiger partial charge in [0.1, 0.15) is 0 Å². The number of hydrogen-bond donors (Lipinski definition) is 1. The van der Waals surface area contributed by atoms with Gasteiger partial charge in [0.15, 0.2) is 0 Å². The maximum absolute atomic E-state index is 12.7. The highest BCUT2D eigenvalue weighted by molar-refractivity contribution is 5.93. The maximum atomic E-state index is 12.7. The van der Waals surface area contributed by atoms with E-state index in [9.17, 15) is 18.0 Å². The predicted octanol–water partition coefficient (Wildman–Crippen LogP) is 3.40. The van der Waals surface area contributed by atoms with Crippen LogP contribution in [0.2, 0.25) is 0 Å². The molecule has 1 aromatic carbocycles. The molecule has 32 heavy (non-hydrogen) atoms. The molecule has 1 amide bonds. The molecule has 3 aromatic rings. The Bertz CT molecular complexity index is 1200. The summed E-state index contributed by atoms with van der Waals surface area (Å²) in [5.41, 5.74) is 0.107. The monoisotopic (exact) mass is 445 g/mol. The fourth-order valence-corrected chi connectivity index (χ4v) is 5.19. The number of rotatable bonds is 5. The number of fused-ring (bicyclic) bond motifs is 1. The number of aromatic nitrogens is 4. The molecule has 11 heteroatoms. The second-order valence-corrected chi connectivity index (χ2v) is 9.10. The summed E-state index contributed by atoms with van der Waals surface area (Å²) in [7, 11) is 0. The molecule has 0 atom stereocenters. The minimum absolute atomic E-state index is 0.128. The number of amides is 1. The first kappa shape index (κ1) is 19.6. The molecule has 7 rings (SSSR count). The molecular formula is C21H18F3N5O3. The third-order valence-electron chi connectivity index (χ3n) is 6.74. The average molecular weight is 445 g/mol. The average Bonchev–Trinajstić information content (AvgIpc) is 3.14. The number of hydrogen-bond acceptors (Lipinski definition) is 7. The Morgan fingerprint density at radius 2 is 1.91 bits per heavy atom. The fourth-order valence-electron chi connectivity index (χ4n) is 5.19. The van der Waals surface area contributed by atoms with Crippen LogP contribution in [-0.4, -0.2) is 44.1 Å². The van der Waals surface area contributed by atoms with Gasteiger partial charge >= 0.3 is 6.36 Å². The van der Waals surface area contributed by atoms with Gasteiger partial charge in [-0.05, 0) is 38.2 Å². The van der Waals surface area contributed by atoms with Crippen molar-refractivity contribution < 1.29 is 27.1 Å². The summed E-state index contributed by atoms with van der Waals surface area (Å²) < 4.78 is 46.6. The van der Waals surface area contributed by atoms with E-state index in [1.807, 2.05) is 24.3 Å². The SMILES string of the molecule is O=C(NC12CC(c3nnc([C@H]4C[C@@H](OC(F)(F)F)C4)o3)(C1)C2)c1ncc2ccccc2n1. The smallest absolute Gasteiger partial charge is 0.424 e. The zero-order valence-corrected chi connectivity index (χ0v) is 16.7. The zero-order valence-electron chi connectivity index (χ0n) is 16.7. The Kier molecular flexibility index (Phi) is 3.96. The predicted molar refractivity (Wildman–Crippen MR) is 102 cm³/mol. The highest BCUT2D eigenvalue weighted by Gasteiger charge is 2.72. The van der Waals surface area contributed by atoms with Crippen molar-refractivity contribution in [1.82, 2.24) is 25.5 Å². The van der Waals surface area contributed by atoms with E-state index in [0.717, 1.165) is 5.39 Å². The third kappa shape index (κ3) is 3.14. The van der Waals surface area contributed by atoms with Crippen molar-refractivity contribution >= 4 is 16.8 Å². The lowest BCUT2D eigenvalue weighted by Crippen LogP contribution is -2.76. The summed E-state index contributed by atoms with van der Waals surface area (Å²) in [6, 6.07) is 7.45. The molecule has 0 aliphatic heterocycles. The van der Waals surface area contributed by atoms with Crippen molar-refractivity contribution in [1.29, 1.82) is 0 Å². The van der Waals surface area contributed by atoms with Gasteiger partial charge in [-0.2, -0.15) is 0 Å². The maximum Gasteiger partial charge on any atom is 0.522 e. The molecule has 8 nitrogen and oxygen atoms in total. The lowest BCUT2D eigenvalue weighted by atomic mass is 9.39. The van der Waals surface area contributed by atoms with Crippen LogP contribution in [0, 0.1) is 0 Å². The second kappa shape index (κ2) is 6.47. The van der Waals surface area contributed by atoms with Crippen LogP contribution in [0.1, 0.15) is 60.4 Å². The molecule has 0 unspecified atom stereocenters. The largest absolute Gasteiger partial charge is 0.522 e. The molecular weight excluding hydrogens is 427 g/mol. The molecule has 166 valence electrons. The number of nitrogens with one attached hydrogen (secondary N) is 1. The van der Waals surface area contributed by atoms with Gasteiger partial charge in [0.2, 0.25) is 17.6 Å². The van der Waals surface area contributed by atoms with Crippen molar-refractivity contribution in [3.05, 3.63) is 48.1 Å². The van der Waals surface area contributed by atoms with E-state index >= 15 is 0 Å². The summed E-state index contributed by atoms with van der Waals surface area (Å²) in [6.45, 7) is 0. The minimum Gasteiger partial charge on any atom is -0.424 e. The van der Waals surface area contributed by atoms with Crippen molar-refractivity contribution in [3.63, 3.8) is 0 Å². The summed E-state index contributed by atoms with van der Waals surface area (Å²) in [6.07, 6.45) is -1.42.